The van der Waals surface area contributed by atoms with E-state index in [1.54, 1.807) is 12.3 Å². The number of nitrogens with zero attached hydrogens (tertiary/aromatic N) is 1. The summed E-state index contributed by atoms with van der Waals surface area (Å²) in [4.78, 5) is 16.2. The molecular formula is C18H20ClN3O. The fraction of sp³-hybridized carbons (Fsp3) is 0.333. The Morgan fingerprint density at radius 2 is 2.04 bits per heavy atom. The number of rotatable bonds is 4. The first-order chi connectivity index (χ1) is 11.0. The molecule has 2 N–H and O–H groups in total. The number of aryl methyl sites for hydroxylation is 2. The van der Waals surface area contributed by atoms with Gasteiger partial charge in [0.2, 0.25) is 5.91 Å². The van der Waals surface area contributed by atoms with E-state index < -0.39 is 0 Å². The summed E-state index contributed by atoms with van der Waals surface area (Å²) >= 11 is 6.30. The maximum absolute atomic E-state index is 11.9. The molecule has 1 heterocycles. The van der Waals surface area contributed by atoms with Gasteiger partial charge in [0.15, 0.2) is 0 Å². The smallest absolute Gasteiger partial charge is 0.228 e. The van der Waals surface area contributed by atoms with Crippen LogP contribution in [0.2, 0.25) is 5.02 Å². The van der Waals surface area contributed by atoms with Crippen molar-refractivity contribution in [3.05, 3.63) is 46.6 Å². The number of aromatic nitrogens is 1. The summed E-state index contributed by atoms with van der Waals surface area (Å²) in [6.45, 7) is 4.03. The molecule has 1 amide bonds. The molecule has 0 aliphatic heterocycles. The van der Waals surface area contributed by atoms with Crippen molar-refractivity contribution in [2.45, 2.75) is 33.1 Å². The van der Waals surface area contributed by atoms with Crippen LogP contribution in [-0.4, -0.2) is 10.9 Å². The van der Waals surface area contributed by atoms with Crippen molar-refractivity contribution in [1.82, 2.24) is 4.98 Å². The van der Waals surface area contributed by atoms with Gasteiger partial charge in [-0.15, -0.1) is 0 Å². The van der Waals surface area contributed by atoms with Gasteiger partial charge in [-0.25, -0.2) is 4.98 Å². The second kappa shape index (κ2) is 6.59. The van der Waals surface area contributed by atoms with E-state index in [1.807, 2.05) is 26.0 Å². The van der Waals surface area contributed by atoms with Crippen LogP contribution >= 0.6 is 11.6 Å². The minimum absolute atomic E-state index is 0.0712. The highest BCUT2D eigenvalue weighted by Gasteiger charge is 2.25. The predicted octanol–water partition coefficient (Wildman–Crippen LogP) is 4.83. The number of benzene rings is 1. The second-order valence-corrected chi connectivity index (χ2v) is 6.52. The molecule has 0 atom stereocenters. The molecule has 1 aliphatic carbocycles. The third-order valence-corrected chi connectivity index (χ3v) is 4.49. The van der Waals surface area contributed by atoms with Crippen LogP contribution in [0.3, 0.4) is 0 Å². The normalized spacial score (nSPS) is 14.2. The van der Waals surface area contributed by atoms with Gasteiger partial charge in [-0.05, 0) is 56.0 Å². The topological polar surface area (TPSA) is 54.0 Å². The van der Waals surface area contributed by atoms with Crippen molar-refractivity contribution < 1.29 is 4.79 Å². The van der Waals surface area contributed by atoms with Crippen LogP contribution in [0.15, 0.2) is 30.5 Å². The molecule has 0 unspecified atom stereocenters. The average Bonchev–Trinajstić information content (AvgIpc) is 2.42. The number of pyridine rings is 1. The van der Waals surface area contributed by atoms with E-state index in [0.717, 1.165) is 41.8 Å². The van der Waals surface area contributed by atoms with Crippen molar-refractivity contribution in [3.63, 3.8) is 0 Å². The maximum Gasteiger partial charge on any atom is 0.228 e. The number of hydrogen-bond acceptors (Lipinski definition) is 3. The molecule has 0 saturated heterocycles. The fourth-order valence-corrected chi connectivity index (χ4v) is 3.03. The van der Waals surface area contributed by atoms with Crippen molar-refractivity contribution in [2.24, 2.45) is 5.92 Å². The maximum atomic E-state index is 11.9. The molecule has 1 saturated carbocycles. The Hall–Kier alpha value is -2.07. The number of amides is 1. The highest BCUT2D eigenvalue weighted by atomic mass is 35.5. The Labute approximate surface area is 141 Å². The number of hydrogen-bond donors (Lipinski definition) is 2. The number of halogens is 1. The van der Waals surface area contributed by atoms with Crippen LogP contribution in [0.1, 0.15) is 30.4 Å². The minimum atomic E-state index is 0.0712. The lowest BCUT2D eigenvalue weighted by atomic mass is 9.85. The van der Waals surface area contributed by atoms with E-state index in [0.29, 0.717) is 10.8 Å². The van der Waals surface area contributed by atoms with Gasteiger partial charge in [0.25, 0.3) is 0 Å². The van der Waals surface area contributed by atoms with Crippen LogP contribution in [0, 0.1) is 19.8 Å². The molecule has 1 fully saturated rings. The summed E-state index contributed by atoms with van der Waals surface area (Å²) in [7, 11) is 0. The van der Waals surface area contributed by atoms with Gasteiger partial charge in [0, 0.05) is 5.92 Å². The molecular weight excluding hydrogens is 310 g/mol. The number of nitrogens with one attached hydrogen (secondary N) is 2. The van der Waals surface area contributed by atoms with E-state index in [9.17, 15) is 4.79 Å². The SMILES string of the molecule is Cc1cc(C)c(Nc2ccc(NC(=O)C3CCC3)nc2)c(Cl)c1. The highest BCUT2D eigenvalue weighted by molar-refractivity contribution is 6.33. The van der Waals surface area contributed by atoms with Gasteiger partial charge in [-0.1, -0.05) is 24.1 Å². The highest BCUT2D eigenvalue weighted by Crippen LogP contribution is 2.30. The lowest BCUT2D eigenvalue weighted by molar-refractivity contribution is -0.122. The second-order valence-electron chi connectivity index (χ2n) is 6.11. The van der Waals surface area contributed by atoms with Gasteiger partial charge in [-0.2, -0.15) is 0 Å². The lowest BCUT2D eigenvalue weighted by Gasteiger charge is -2.23. The molecule has 120 valence electrons. The summed E-state index contributed by atoms with van der Waals surface area (Å²) in [5.41, 5.74) is 3.92. The zero-order chi connectivity index (χ0) is 16.4. The zero-order valence-electron chi connectivity index (χ0n) is 13.3. The van der Waals surface area contributed by atoms with E-state index in [2.05, 4.69) is 21.7 Å². The van der Waals surface area contributed by atoms with Gasteiger partial charge >= 0.3 is 0 Å². The third-order valence-electron chi connectivity index (χ3n) is 4.19. The fourth-order valence-electron chi connectivity index (χ4n) is 2.66. The van der Waals surface area contributed by atoms with Crippen molar-refractivity contribution >= 4 is 34.7 Å². The number of carbonyl (C=O) groups is 1. The molecule has 4 nitrogen and oxygen atoms in total. The van der Waals surface area contributed by atoms with Crippen LogP contribution < -0.4 is 10.6 Å². The summed E-state index contributed by atoms with van der Waals surface area (Å²) in [6.07, 6.45) is 4.81. The molecule has 1 aromatic carbocycles. The van der Waals surface area contributed by atoms with Gasteiger partial charge < -0.3 is 10.6 Å². The number of anilines is 3. The first kappa shape index (κ1) is 15.8. The van der Waals surface area contributed by atoms with Crippen LogP contribution in [0.25, 0.3) is 0 Å². The van der Waals surface area contributed by atoms with E-state index in [4.69, 9.17) is 11.6 Å². The first-order valence-corrected chi connectivity index (χ1v) is 8.21. The Bertz CT molecular complexity index is 701. The van der Waals surface area contributed by atoms with E-state index in [1.165, 1.54) is 0 Å². The predicted molar refractivity (Wildman–Crippen MR) is 94.4 cm³/mol. The largest absolute Gasteiger partial charge is 0.353 e. The standard InChI is InChI=1S/C18H20ClN3O/c1-11-8-12(2)17(15(19)9-11)21-14-6-7-16(20-10-14)22-18(23)13-4-3-5-13/h6-10,13,21H,3-5H2,1-2H3,(H,20,22,23). The van der Waals surface area contributed by atoms with Crippen LogP contribution in [0.5, 0.6) is 0 Å². The Balaban J connectivity index is 1.69. The summed E-state index contributed by atoms with van der Waals surface area (Å²) < 4.78 is 0. The quantitative estimate of drug-likeness (QED) is 0.844. The minimum Gasteiger partial charge on any atom is -0.353 e. The summed E-state index contributed by atoms with van der Waals surface area (Å²) in [5, 5.41) is 6.83. The zero-order valence-corrected chi connectivity index (χ0v) is 14.1. The van der Waals surface area contributed by atoms with Crippen molar-refractivity contribution in [2.75, 3.05) is 10.6 Å². The Morgan fingerprint density at radius 3 is 2.61 bits per heavy atom. The molecule has 2 aromatic rings. The Morgan fingerprint density at radius 1 is 1.26 bits per heavy atom. The monoisotopic (exact) mass is 329 g/mol. The van der Waals surface area contributed by atoms with Crippen LogP contribution in [0.4, 0.5) is 17.2 Å². The lowest BCUT2D eigenvalue weighted by Crippen LogP contribution is -2.28. The number of carbonyl (C=O) groups excluding carboxylic acids is 1. The van der Waals surface area contributed by atoms with Gasteiger partial charge in [0.1, 0.15) is 5.82 Å². The van der Waals surface area contributed by atoms with Gasteiger partial charge in [-0.3, -0.25) is 4.79 Å². The molecule has 5 heteroatoms. The molecule has 0 spiro atoms. The Kier molecular flexibility index (Phi) is 4.53. The van der Waals surface area contributed by atoms with Crippen molar-refractivity contribution in [1.29, 1.82) is 0 Å². The molecule has 0 bridgehead atoms. The van der Waals surface area contributed by atoms with Crippen LogP contribution in [-0.2, 0) is 4.79 Å². The first-order valence-electron chi connectivity index (χ1n) is 7.83. The van der Waals surface area contributed by atoms with E-state index >= 15 is 0 Å². The molecule has 0 radical (unpaired) electrons. The molecule has 3 rings (SSSR count). The average molecular weight is 330 g/mol. The molecule has 23 heavy (non-hydrogen) atoms. The summed E-state index contributed by atoms with van der Waals surface area (Å²) in [6, 6.07) is 7.70. The molecule has 1 aliphatic rings. The van der Waals surface area contributed by atoms with E-state index in [-0.39, 0.29) is 11.8 Å². The van der Waals surface area contributed by atoms with Gasteiger partial charge in [0.05, 0.1) is 22.6 Å². The van der Waals surface area contributed by atoms with Crippen molar-refractivity contribution in [3.8, 4) is 0 Å². The molecule has 1 aromatic heterocycles. The third kappa shape index (κ3) is 3.64. The summed E-state index contributed by atoms with van der Waals surface area (Å²) in [5.74, 6) is 0.810.